The molecule has 2 rings (SSSR count). The van der Waals surface area contributed by atoms with Crippen molar-refractivity contribution < 1.29 is 4.79 Å². The van der Waals surface area contributed by atoms with Gasteiger partial charge >= 0.3 is 0 Å². The highest BCUT2D eigenvalue weighted by molar-refractivity contribution is 14.0. The molecular formula is C19H31IN4O. The van der Waals surface area contributed by atoms with Crippen molar-refractivity contribution in [1.82, 2.24) is 15.5 Å². The van der Waals surface area contributed by atoms with Gasteiger partial charge in [-0.05, 0) is 44.6 Å². The van der Waals surface area contributed by atoms with E-state index in [4.69, 9.17) is 0 Å². The molecule has 1 aromatic carbocycles. The van der Waals surface area contributed by atoms with Crippen molar-refractivity contribution in [2.75, 3.05) is 26.7 Å². The van der Waals surface area contributed by atoms with Gasteiger partial charge in [0.2, 0.25) is 5.91 Å². The Morgan fingerprint density at radius 1 is 1.24 bits per heavy atom. The highest BCUT2D eigenvalue weighted by atomic mass is 127. The molecule has 0 bridgehead atoms. The summed E-state index contributed by atoms with van der Waals surface area (Å²) in [6.07, 6.45) is 3.28. The van der Waals surface area contributed by atoms with Gasteiger partial charge in [0, 0.05) is 26.2 Å². The molecule has 2 N–H and O–H groups in total. The number of carbonyl (C=O) groups is 1. The zero-order valence-corrected chi connectivity index (χ0v) is 17.8. The van der Waals surface area contributed by atoms with Gasteiger partial charge in [0.25, 0.3) is 0 Å². The number of likely N-dealkylation sites (tertiary alicyclic amines) is 1. The molecule has 1 aromatic rings. The van der Waals surface area contributed by atoms with E-state index in [1.54, 1.807) is 7.05 Å². The number of rotatable bonds is 5. The summed E-state index contributed by atoms with van der Waals surface area (Å²) in [5.74, 6) is 1.51. The van der Waals surface area contributed by atoms with E-state index >= 15 is 0 Å². The van der Waals surface area contributed by atoms with Crippen molar-refractivity contribution >= 4 is 35.8 Å². The van der Waals surface area contributed by atoms with Gasteiger partial charge < -0.3 is 15.5 Å². The fraction of sp³-hybridized carbons (Fsp3) is 0.579. The van der Waals surface area contributed by atoms with Crippen molar-refractivity contribution in [1.29, 1.82) is 0 Å². The molecule has 1 fully saturated rings. The fourth-order valence-electron chi connectivity index (χ4n) is 3.07. The molecule has 1 aliphatic rings. The first kappa shape index (κ1) is 21.7. The van der Waals surface area contributed by atoms with Gasteiger partial charge in [0.1, 0.15) is 0 Å². The van der Waals surface area contributed by atoms with Crippen molar-refractivity contribution in [3.8, 4) is 0 Å². The highest BCUT2D eigenvalue weighted by Gasteiger charge is 2.22. The molecule has 0 aromatic heterocycles. The normalized spacial score (nSPS) is 15.7. The minimum Gasteiger partial charge on any atom is -0.354 e. The van der Waals surface area contributed by atoms with Gasteiger partial charge in [0.05, 0.1) is 6.54 Å². The molecular weight excluding hydrogens is 427 g/mol. The van der Waals surface area contributed by atoms with Crippen molar-refractivity contribution in [3.05, 3.63) is 35.9 Å². The lowest BCUT2D eigenvalue weighted by Crippen LogP contribution is -2.48. The summed E-state index contributed by atoms with van der Waals surface area (Å²) in [7, 11) is 1.72. The van der Waals surface area contributed by atoms with Crippen LogP contribution in [0.5, 0.6) is 0 Å². The largest absolute Gasteiger partial charge is 0.354 e. The lowest BCUT2D eigenvalue weighted by molar-refractivity contribution is -0.131. The lowest BCUT2D eigenvalue weighted by Gasteiger charge is -2.32. The number of piperidine rings is 1. The van der Waals surface area contributed by atoms with Gasteiger partial charge in [-0.25, -0.2) is 0 Å². The van der Waals surface area contributed by atoms with E-state index in [-0.39, 0.29) is 29.9 Å². The number of halogens is 1. The molecule has 140 valence electrons. The number of benzene rings is 1. The SMILES string of the molecule is CN=C(NCC(=O)N1CCC(Cc2ccccc2)CC1)NC(C)C.I. The molecule has 0 spiro atoms. The van der Waals surface area contributed by atoms with Crippen LogP contribution < -0.4 is 10.6 Å². The molecule has 5 nitrogen and oxygen atoms in total. The molecule has 25 heavy (non-hydrogen) atoms. The third-order valence-electron chi connectivity index (χ3n) is 4.39. The average Bonchev–Trinajstić information content (AvgIpc) is 2.59. The molecule has 1 saturated heterocycles. The van der Waals surface area contributed by atoms with Gasteiger partial charge in [-0.3, -0.25) is 9.79 Å². The van der Waals surface area contributed by atoms with Crippen LogP contribution in [0.3, 0.4) is 0 Å². The maximum atomic E-state index is 12.3. The molecule has 0 saturated carbocycles. The zero-order valence-electron chi connectivity index (χ0n) is 15.5. The maximum absolute atomic E-state index is 12.3. The summed E-state index contributed by atoms with van der Waals surface area (Å²) in [5, 5.41) is 6.29. The molecule has 0 atom stereocenters. The summed E-state index contributed by atoms with van der Waals surface area (Å²) in [4.78, 5) is 18.4. The van der Waals surface area contributed by atoms with Crippen LogP contribution in [0.4, 0.5) is 0 Å². The number of guanidine groups is 1. The summed E-state index contributed by atoms with van der Waals surface area (Å²) >= 11 is 0. The average molecular weight is 458 g/mol. The van der Waals surface area contributed by atoms with E-state index in [1.165, 1.54) is 5.56 Å². The Labute approximate surface area is 168 Å². The first-order valence-corrected chi connectivity index (χ1v) is 8.87. The molecule has 1 aliphatic heterocycles. The Balaban J connectivity index is 0.00000312. The van der Waals surface area contributed by atoms with Crippen LogP contribution in [0.2, 0.25) is 0 Å². The highest BCUT2D eigenvalue weighted by Crippen LogP contribution is 2.21. The number of carbonyl (C=O) groups excluding carboxylic acids is 1. The molecule has 6 heteroatoms. The summed E-state index contributed by atoms with van der Waals surface area (Å²) in [5.41, 5.74) is 1.40. The topological polar surface area (TPSA) is 56.7 Å². The Morgan fingerprint density at radius 3 is 2.44 bits per heavy atom. The Morgan fingerprint density at radius 2 is 1.88 bits per heavy atom. The quantitative estimate of drug-likeness (QED) is 0.405. The van der Waals surface area contributed by atoms with Crippen LogP contribution >= 0.6 is 24.0 Å². The molecule has 1 heterocycles. The van der Waals surface area contributed by atoms with Gasteiger partial charge in [0.15, 0.2) is 5.96 Å². The zero-order chi connectivity index (χ0) is 17.4. The minimum absolute atomic E-state index is 0. The molecule has 1 amide bonds. The van der Waals surface area contributed by atoms with Crippen LogP contribution in [0.1, 0.15) is 32.3 Å². The second-order valence-electron chi connectivity index (χ2n) is 6.74. The first-order chi connectivity index (χ1) is 11.6. The number of hydrogen-bond acceptors (Lipinski definition) is 2. The van der Waals surface area contributed by atoms with E-state index in [0.717, 1.165) is 32.4 Å². The van der Waals surface area contributed by atoms with Gasteiger partial charge in [-0.1, -0.05) is 30.3 Å². The van der Waals surface area contributed by atoms with E-state index in [9.17, 15) is 4.79 Å². The number of amides is 1. The van der Waals surface area contributed by atoms with E-state index in [2.05, 4.69) is 46.0 Å². The van der Waals surface area contributed by atoms with Gasteiger partial charge in [-0.2, -0.15) is 0 Å². The molecule has 0 aliphatic carbocycles. The Hall–Kier alpha value is -1.31. The number of nitrogens with one attached hydrogen (secondary N) is 2. The second kappa shape index (κ2) is 11.3. The number of nitrogens with zero attached hydrogens (tertiary/aromatic N) is 2. The Kier molecular flexibility index (Phi) is 9.85. The first-order valence-electron chi connectivity index (χ1n) is 8.87. The number of hydrogen-bond donors (Lipinski definition) is 2. The standard InChI is InChI=1S/C19H30N4O.HI/c1-15(2)22-19(20-3)21-14-18(24)23-11-9-17(10-12-23)13-16-7-5-4-6-8-16;/h4-8,15,17H,9-14H2,1-3H3,(H2,20,21,22);1H. The third-order valence-corrected chi connectivity index (χ3v) is 4.39. The predicted octanol–water partition coefficient (Wildman–Crippen LogP) is 2.66. The van der Waals surface area contributed by atoms with E-state index in [0.29, 0.717) is 24.5 Å². The van der Waals surface area contributed by atoms with Crippen LogP contribution in [0, 0.1) is 5.92 Å². The lowest BCUT2D eigenvalue weighted by atomic mass is 9.90. The monoisotopic (exact) mass is 458 g/mol. The predicted molar refractivity (Wildman–Crippen MR) is 114 cm³/mol. The van der Waals surface area contributed by atoms with Crippen LogP contribution in [0.25, 0.3) is 0 Å². The summed E-state index contributed by atoms with van der Waals surface area (Å²) in [6, 6.07) is 10.9. The van der Waals surface area contributed by atoms with Crippen LogP contribution in [-0.4, -0.2) is 49.5 Å². The van der Waals surface area contributed by atoms with Crippen molar-refractivity contribution in [2.24, 2.45) is 10.9 Å². The molecule has 0 radical (unpaired) electrons. The minimum atomic E-state index is 0. The van der Waals surface area contributed by atoms with Crippen molar-refractivity contribution in [3.63, 3.8) is 0 Å². The molecule has 0 unspecified atom stereocenters. The Bertz CT molecular complexity index is 540. The van der Waals surface area contributed by atoms with E-state index < -0.39 is 0 Å². The summed E-state index contributed by atoms with van der Waals surface area (Å²) in [6.45, 7) is 6.11. The second-order valence-corrected chi connectivity index (χ2v) is 6.74. The smallest absolute Gasteiger partial charge is 0.241 e. The third kappa shape index (κ3) is 7.63. The van der Waals surface area contributed by atoms with Crippen LogP contribution in [0.15, 0.2) is 35.3 Å². The van der Waals surface area contributed by atoms with Gasteiger partial charge in [-0.15, -0.1) is 24.0 Å². The number of aliphatic imine (C=N–C) groups is 1. The van der Waals surface area contributed by atoms with E-state index in [1.807, 2.05) is 18.7 Å². The van der Waals surface area contributed by atoms with Crippen molar-refractivity contribution in [2.45, 2.75) is 39.2 Å². The summed E-state index contributed by atoms with van der Waals surface area (Å²) < 4.78 is 0. The maximum Gasteiger partial charge on any atom is 0.241 e. The fourth-order valence-corrected chi connectivity index (χ4v) is 3.07. The van der Waals surface area contributed by atoms with Crippen LogP contribution in [-0.2, 0) is 11.2 Å².